The summed E-state index contributed by atoms with van der Waals surface area (Å²) in [7, 11) is -2.69. The van der Waals surface area contributed by atoms with Gasteiger partial charge in [-0.05, 0) is 13.3 Å². The lowest BCUT2D eigenvalue weighted by molar-refractivity contribution is -0.714. The summed E-state index contributed by atoms with van der Waals surface area (Å²) in [5, 5.41) is 2.23. The van der Waals surface area contributed by atoms with Crippen molar-refractivity contribution in [3.05, 3.63) is 0 Å². The van der Waals surface area contributed by atoms with Crippen LogP contribution in [0.3, 0.4) is 0 Å². The highest BCUT2D eigenvalue weighted by Crippen LogP contribution is 2.08. The third kappa shape index (κ3) is 3.65. The molecule has 1 aliphatic rings. The summed E-state index contributed by atoms with van der Waals surface area (Å²) in [4.78, 5) is 0. The van der Waals surface area contributed by atoms with E-state index in [0.29, 0.717) is 23.6 Å². The predicted octanol–water partition coefficient (Wildman–Crippen LogP) is -0.0745. The first kappa shape index (κ1) is 11.0. The molecule has 1 fully saturated rings. The van der Waals surface area contributed by atoms with Gasteiger partial charge < -0.3 is 5.32 Å². The molecule has 0 aromatic carbocycles. The average Bonchev–Trinajstić information content (AvgIpc) is 2.30. The number of nitrogens with two attached hydrogens (primary N) is 1. The van der Waals surface area contributed by atoms with Crippen LogP contribution in [0.15, 0.2) is 0 Å². The Morgan fingerprint density at radius 1 is 1.54 bits per heavy atom. The zero-order valence-corrected chi connectivity index (χ0v) is 9.31. The highest BCUT2D eigenvalue weighted by molar-refractivity contribution is 7.91. The van der Waals surface area contributed by atoms with Crippen LogP contribution in [0.1, 0.15) is 33.1 Å². The summed E-state index contributed by atoms with van der Waals surface area (Å²) in [6.45, 7) is 4.34. The molecule has 0 bridgehead atoms. The topological polar surface area (TPSA) is 50.8 Å². The standard InChI is InChI=1S/C9H19NO2S/c1-3-4-8(2)10-9-5-6-13(11,12)7-9/h8-10H,3-7H2,1-2H3/p+1/t8-,9-/m0/s1. The van der Waals surface area contributed by atoms with Gasteiger partial charge in [0.2, 0.25) is 0 Å². The van der Waals surface area contributed by atoms with Crippen molar-refractivity contribution in [3.8, 4) is 0 Å². The lowest BCUT2D eigenvalue weighted by atomic mass is 10.1. The molecule has 78 valence electrons. The van der Waals surface area contributed by atoms with E-state index in [0.717, 1.165) is 6.42 Å². The van der Waals surface area contributed by atoms with Crippen molar-refractivity contribution in [2.75, 3.05) is 11.5 Å². The lowest BCUT2D eigenvalue weighted by Crippen LogP contribution is -2.94. The first-order valence-corrected chi connectivity index (χ1v) is 6.91. The molecule has 0 unspecified atom stereocenters. The van der Waals surface area contributed by atoms with Gasteiger partial charge >= 0.3 is 0 Å². The first-order valence-electron chi connectivity index (χ1n) is 5.09. The third-order valence-corrected chi connectivity index (χ3v) is 4.41. The summed E-state index contributed by atoms with van der Waals surface area (Å²) in [6.07, 6.45) is 3.20. The van der Waals surface area contributed by atoms with E-state index in [-0.39, 0.29) is 0 Å². The molecule has 1 saturated heterocycles. The van der Waals surface area contributed by atoms with Crippen molar-refractivity contribution in [2.24, 2.45) is 0 Å². The molecular formula is C9H20NO2S+. The molecule has 0 aliphatic carbocycles. The van der Waals surface area contributed by atoms with E-state index in [1.54, 1.807) is 0 Å². The molecule has 4 heteroatoms. The van der Waals surface area contributed by atoms with Gasteiger partial charge in [-0.2, -0.15) is 0 Å². The maximum absolute atomic E-state index is 11.2. The van der Waals surface area contributed by atoms with Gasteiger partial charge in [-0.1, -0.05) is 13.3 Å². The Kier molecular flexibility index (Phi) is 3.74. The van der Waals surface area contributed by atoms with Crippen LogP contribution in [0.5, 0.6) is 0 Å². The van der Waals surface area contributed by atoms with Crippen molar-refractivity contribution in [3.63, 3.8) is 0 Å². The molecule has 0 radical (unpaired) electrons. The predicted molar refractivity (Wildman–Crippen MR) is 53.4 cm³/mol. The number of rotatable bonds is 4. The van der Waals surface area contributed by atoms with E-state index >= 15 is 0 Å². The highest BCUT2D eigenvalue weighted by Gasteiger charge is 2.31. The van der Waals surface area contributed by atoms with E-state index < -0.39 is 9.84 Å². The van der Waals surface area contributed by atoms with Gasteiger partial charge in [0, 0.05) is 6.42 Å². The minimum atomic E-state index is -2.69. The molecule has 2 atom stereocenters. The monoisotopic (exact) mass is 206 g/mol. The minimum Gasteiger partial charge on any atom is -0.341 e. The fourth-order valence-electron chi connectivity index (χ4n) is 1.99. The molecule has 1 aliphatic heterocycles. The van der Waals surface area contributed by atoms with Crippen molar-refractivity contribution >= 4 is 9.84 Å². The van der Waals surface area contributed by atoms with Gasteiger partial charge in [0.15, 0.2) is 9.84 Å². The second kappa shape index (κ2) is 4.42. The number of quaternary nitrogens is 1. The first-order chi connectivity index (χ1) is 6.03. The summed E-state index contributed by atoms with van der Waals surface area (Å²) < 4.78 is 22.3. The molecule has 0 amide bonds. The zero-order valence-electron chi connectivity index (χ0n) is 8.49. The van der Waals surface area contributed by atoms with Crippen LogP contribution in [-0.2, 0) is 9.84 Å². The fraction of sp³-hybridized carbons (Fsp3) is 1.00. The van der Waals surface area contributed by atoms with E-state index in [1.807, 2.05) is 0 Å². The fourth-order valence-corrected chi connectivity index (χ4v) is 3.75. The van der Waals surface area contributed by atoms with Crippen molar-refractivity contribution in [2.45, 2.75) is 45.2 Å². The molecule has 13 heavy (non-hydrogen) atoms. The van der Waals surface area contributed by atoms with Gasteiger partial charge in [0.25, 0.3) is 0 Å². The van der Waals surface area contributed by atoms with Gasteiger partial charge in [-0.25, -0.2) is 8.42 Å². The second-order valence-corrected chi connectivity index (χ2v) is 6.35. The smallest absolute Gasteiger partial charge is 0.156 e. The molecular weight excluding hydrogens is 186 g/mol. The number of hydrogen-bond donors (Lipinski definition) is 1. The summed E-state index contributed by atoms with van der Waals surface area (Å²) in [5.41, 5.74) is 0. The Balaban J connectivity index is 2.32. The van der Waals surface area contributed by atoms with Crippen LogP contribution < -0.4 is 5.32 Å². The number of hydrogen-bond acceptors (Lipinski definition) is 2. The minimum absolute atomic E-state index is 0.326. The van der Waals surface area contributed by atoms with Gasteiger partial charge in [0.05, 0.1) is 11.8 Å². The van der Waals surface area contributed by atoms with E-state index in [4.69, 9.17) is 0 Å². The van der Waals surface area contributed by atoms with E-state index in [9.17, 15) is 8.42 Å². The second-order valence-electron chi connectivity index (χ2n) is 4.12. The lowest BCUT2D eigenvalue weighted by Gasteiger charge is -2.13. The van der Waals surface area contributed by atoms with Gasteiger partial charge in [-0.15, -0.1) is 0 Å². The van der Waals surface area contributed by atoms with Crippen LogP contribution in [0.2, 0.25) is 0 Å². The Morgan fingerprint density at radius 3 is 2.69 bits per heavy atom. The van der Waals surface area contributed by atoms with Crippen LogP contribution >= 0.6 is 0 Å². The van der Waals surface area contributed by atoms with Crippen LogP contribution in [0.25, 0.3) is 0 Å². The van der Waals surface area contributed by atoms with Crippen molar-refractivity contribution in [1.82, 2.24) is 0 Å². The molecule has 0 aromatic heterocycles. The molecule has 0 aromatic rings. The summed E-state index contributed by atoms with van der Waals surface area (Å²) >= 11 is 0. The van der Waals surface area contributed by atoms with E-state index in [2.05, 4.69) is 19.2 Å². The highest BCUT2D eigenvalue weighted by atomic mass is 32.2. The largest absolute Gasteiger partial charge is 0.341 e. The quantitative estimate of drug-likeness (QED) is 0.700. The zero-order chi connectivity index (χ0) is 9.90. The molecule has 0 spiro atoms. The molecule has 1 rings (SSSR count). The molecule has 3 nitrogen and oxygen atoms in total. The van der Waals surface area contributed by atoms with Crippen molar-refractivity contribution in [1.29, 1.82) is 0 Å². The Bertz CT molecular complexity index is 248. The van der Waals surface area contributed by atoms with E-state index in [1.165, 1.54) is 12.8 Å². The Hall–Kier alpha value is -0.0900. The van der Waals surface area contributed by atoms with Crippen LogP contribution in [-0.4, -0.2) is 32.0 Å². The maximum Gasteiger partial charge on any atom is 0.156 e. The maximum atomic E-state index is 11.2. The summed E-state index contributed by atoms with van der Waals surface area (Å²) in [6, 6.07) is 0.898. The normalized spacial score (nSPS) is 28.9. The molecule has 1 heterocycles. The van der Waals surface area contributed by atoms with Gasteiger partial charge in [0.1, 0.15) is 11.8 Å². The van der Waals surface area contributed by atoms with Crippen LogP contribution in [0.4, 0.5) is 0 Å². The summed E-state index contributed by atoms with van der Waals surface area (Å²) in [5.74, 6) is 0.786. The van der Waals surface area contributed by atoms with Crippen LogP contribution in [0, 0.1) is 0 Å². The third-order valence-electron chi connectivity index (χ3n) is 2.61. The molecule has 2 N–H and O–H groups in total. The van der Waals surface area contributed by atoms with Crippen molar-refractivity contribution < 1.29 is 13.7 Å². The SMILES string of the molecule is CCC[C@H](C)[NH2+][C@H]1CCS(=O)(=O)C1. The molecule has 0 saturated carbocycles. The Labute approximate surface area is 80.8 Å². The number of sulfone groups is 1. The Morgan fingerprint density at radius 2 is 2.23 bits per heavy atom. The average molecular weight is 206 g/mol. The van der Waals surface area contributed by atoms with Gasteiger partial charge in [-0.3, -0.25) is 0 Å².